The Morgan fingerprint density at radius 2 is 2.11 bits per heavy atom. The third-order valence-electron chi connectivity index (χ3n) is 7.04. The van der Waals surface area contributed by atoms with Crippen molar-refractivity contribution in [3.63, 3.8) is 0 Å². The smallest absolute Gasteiger partial charge is 0.311 e. The minimum absolute atomic E-state index is 0.129. The Hall–Kier alpha value is -1.37. The van der Waals surface area contributed by atoms with Gasteiger partial charge in [0.1, 0.15) is 0 Å². The van der Waals surface area contributed by atoms with Crippen LogP contribution in [0.1, 0.15) is 30.1 Å². The van der Waals surface area contributed by atoms with E-state index < -0.39 is 12.0 Å². The lowest BCUT2D eigenvalue weighted by atomic mass is 9.65. The normalized spacial score (nSPS) is 36.0. The van der Waals surface area contributed by atoms with Crippen LogP contribution in [-0.4, -0.2) is 52.1 Å². The van der Waals surface area contributed by atoms with E-state index in [4.69, 9.17) is 4.74 Å². The molecule has 1 aromatic heterocycles. The minimum Gasteiger partial charge on any atom is -0.469 e. The average Bonchev–Trinajstić information content (AvgIpc) is 3.06. The van der Waals surface area contributed by atoms with Crippen LogP contribution in [-0.2, 0) is 16.0 Å². The summed E-state index contributed by atoms with van der Waals surface area (Å²) < 4.78 is 5.06. The molecular formula is C21H25BrN2O3. The number of carbonyl (C=O) groups excluding carboxylic acids is 1. The Kier molecular flexibility index (Phi) is 4.33. The van der Waals surface area contributed by atoms with E-state index >= 15 is 0 Å². The maximum absolute atomic E-state index is 12.5. The first kappa shape index (κ1) is 17.7. The number of hydrogen-bond acceptors (Lipinski definition) is 4. The monoisotopic (exact) mass is 432 g/mol. The largest absolute Gasteiger partial charge is 0.469 e. The molecule has 0 radical (unpaired) electrons. The van der Waals surface area contributed by atoms with Crippen molar-refractivity contribution in [1.29, 1.82) is 0 Å². The molecule has 1 saturated carbocycles. The van der Waals surface area contributed by atoms with Crippen molar-refractivity contribution in [2.45, 2.75) is 36.2 Å². The fraction of sp³-hybridized carbons (Fsp3) is 0.571. The molecule has 6 atom stereocenters. The first-order valence-corrected chi connectivity index (χ1v) is 10.7. The highest BCUT2D eigenvalue weighted by atomic mass is 79.9. The highest BCUT2D eigenvalue weighted by Gasteiger charge is 2.52. The van der Waals surface area contributed by atoms with Gasteiger partial charge in [-0.2, -0.15) is 0 Å². The van der Waals surface area contributed by atoms with Gasteiger partial charge in [-0.15, -0.1) is 0 Å². The zero-order valence-corrected chi connectivity index (χ0v) is 17.0. The first-order valence-electron chi connectivity index (χ1n) is 9.82. The summed E-state index contributed by atoms with van der Waals surface area (Å²) in [5.74, 6) is -0.201. The van der Waals surface area contributed by atoms with Crippen molar-refractivity contribution in [2.75, 3.05) is 20.2 Å². The number of H-pyrrole nitrogens is 1. The van der Waals surface area contributed by atoms with Crippen molar-refractivity contribution in [3.8, 4) is 0 Å². The summed E-state index contributed by atoms with van der Waals surface area (Å²) in [6.07, 6.45) is 1.91. The van der Waals surface area contributed by atoms with Crippen LogP contribution < -0.4 is 0 Å². The van der Waals surface area contributed by atoms with Crippen LogP contribution in [0.25, 0.3) is 10.9 Å². The van der Waals surface area contributed by atoms with Gasteiger partial charge in [0, 0.05) is 34.5 Å². The zero-order valence-electron chi connectivity index (χ0n) is 15.4. The van der Waals surface area contributed by atoms with Gasteiger partial charge in [-0.3, -0.25) is 9.69 Å². The summed E-state index contributed by atoms with van der Waals surface area (Å²) in [5, 5.41) is 12.0. The van der Waals surface area contributed by atoms with Gasteiger partial charge in [0.05, 0.1) is 25.2 Å². The predicted molar refractivity (Wildman–Crippen MR) is 107 cm³/mol. The van der Waals surface area contributed by atoms with Gasteiger partial charge in [0.25, 0.3) is 0 Å². The number of fused-ring (bicyclic) bond motifs is 6. The van der Waals surface area contributed by atoms with Crippen LogP contribution in [0.15, 0.2) is 24.3 Å². The molecule has 0 unspecified atom stereocenters. The number of benzene rings is 1. The standard InChI is InChI=1S/C21H25BrN2O3/c1-27-21(26)19-13-8-17-20-12(11-4-2-3-5-16(11)23-20)6-7-24(17)10-14(13)15(22)9-18(19)25/h2-5,13-15,17-19,23,25H,6-10H2,1H3/t13-,14-,15+,17+,18-,19+/m0/s1. The molecule has 2 aliphatic heterocycles. The molecule has 5 nitrogen and oxygen atoms in total. The van der Waals surface area contributed by atoms with Crippen molar-refractivity contribution in [1.82, 2.24) is 9.88 Å². The molecule has 3 aliphatic rings. The Balaban J connectivity index is 1.54. The molecule has 1 aliphatic carbocycles. The Bertz CT molecular complexity index is 881. The summed E-state index contributed by atoms with van der Waals surface area (Å²) >= 11 is 3.80. The van der Waals surface area contributed by atoms with E-state index in [1.165, 1.54) is 29.3 Å². The predicted octanol–water partition coefficient (Wildman–Crippen LogP) is 3.02. The topological polar surface area (TPSA) is 65.6 Å². The van der Waals surface area contributed by atoms with Gasteiger partial charge in [-0.1, -0.05) is 34.1 Å². The fourth-order valence-corrected chi connectivity index (χ4v) is 6.74. The number of aliphatic hydroxyl groups is 1. The van der Waals surface area contributed by atoms with E-state index in [-0.39, 0.29) is 22.8 Å². The molecule has 0 bridgehead atoms. The third-order valence-corrected chi connectivity index (χ3v) is 8.09. The lowest BCUT2D eigenvalue weighted by Crippen LogP contribution is -2.56. The Labute approximate surface area is 167 Å². The molecule has 2 aromatic rings. The van der Waals surface area contributed by atoms with Gasteiger partial charge in [0.15, 0.2) is 0 Å². The number of methoxy groups -OCH3 is 1. The summed E-state index contributed by atoms with van der Waals surface area (Å²) in [7, 11) is 1.43. The summed E-state index contributed by atoms with van der Waals surface area (Å²) in [6, 6.07) is 8.78. The number of nitrogens with zero attached hydrogens (tertiary/aromatic N) is 1. The van der Waals surface area contributed by atoms with Crippen molar-refractivity contribution < 1.29 is 14.6 Å². The second kappa shape index (κ2) is 6.61. The number of halogens is 1. The lowest BCUT2D eigenvalue weighted by Gasteiger charge is -2.52. The van der Waals surface area contributed by atoms with E-state index in [9.17, 15) is 9.90 Å². The Morgan fingerprint density at radius 1 is 1.30 bits per heavy atom. The minimum atomic E-state index is -0.639. The van der Waals surface area contributed by atoms with Crippen molar-refractivity contribution in [3.05, 3.63) is 35.5 Å². The number of aliphatic hydroxyl groups excluding tert-OH is 1. The maximum atomic E-state index is 12.5. The number of para-hydroxylation sites is 1. The van der Waals surface area contributed by atoms with E-state index in [0.717, 1.165) is 25.9 Å². The molecular weight excluding hydrogens is 408 g/mol. The van der Waals surface area contributed by atoms with Crippen LogP contribution in [0.5, 0.6) is 0 Å². The Morgan fingerprint density at radius 3 is 2.93 bits per heavy atom. The number of ether oxygens (including phenoxy) is 1. The van der Waals surface area contributed by atoms with Gasteiger partial charge in [-0.05, 0) is 42.7 Å². The number of hydrogen-bond donors (Lipinski definition) is 2. The number of aromatic nitrogens is 1. The van der Waals surface area contributed by atoms with Crippen LogP contribution in [0.2, 0.25) is 0 Å². The average molecular weight is 433 g/mol. The van der Waals surface area contributed by atoms with E-state index in [2.05, 4.69) is 50.1 Å². The number of aromatic amines is 1. The number of piperidine rings is 1. The van der Waals surface area contributed by atoms with Crippen LogP contribution in [0.3, 0.4) is 0 Å². The molecule has 5 rings (SSSR count). The molecule has 6 heteroatoms. The van der Waals surface area contributed by atoms with Crippen molar-refractivity contribution in [2.24, 2.45) is 17.8 Å². The van der Waals surface area contributed by atoms with Crippen molar-refractivity contribution >= 4 is 32.8 Å². The highest BCUT2D eigenvalue weighted by molar-refractivity contribution is 9.09. The van der Waals surface area contributed by atoms with Gasteiger partial charge in [-0.25, -0.2) is 0 Å². The second-order valence-corrected chi connectivity index (χ2v) is 9.43. The van der Waals surface area contributed by atoms with Crippen LogP contribution >= 0.6 is 15.9 Å². The van der Waals surface area contributed by atoms with Gasteiger partial charge in [0.2, 0.25) is 0 Å². The second-order valence-electron chi connectivity index (χ2n) is 8.25. The molecule has 2 fully saturated rings. The van der Waals surface area contributed by atoms with E-state index in [0.29, 0.717) is 12.3 Å². The molecule has 0 amide bonds. The van der Waals surface area contributed by atoms with Gasteiger partial charge < -0.3 is 14.8 Å². The molecule has 1 aromatic carbocycles. The maximum Gasteiger partial charge on any atom is 0.311 e. The SMILES string of the molecule is COC(=O)[C@@H]1[C@H]2C[C@@H]3c4[nH]c5ccccc5c4CCN3C[C@@H]2[C@H](Br)C[C@@H]1O. The number of esters is 1. The molecule has 2 N–H and O–H groups in total. The zero-order chi connectivity index (χ0) is 18.7. The number of nitrogens with one attached hydrogen (secondary N) is 1. The van der Waals surface area contributed by atoms with Crippen LogP contribution in [0.4, 0.5) is 0 Å². The number of rotatable bonds is 1. The molecule has 3 heterocycles. The molecule has 0 spiro atoms. The first-order chi connectivity index (χ1) is 13.1. The number of alkyl halides is 1. The highest BCUT2D eigenvalue weighted by Crippen LogP contribution is 2.50. The lowest BCUT2D eigenvalue weighted by molar-refractivity contribution is -0.159. The molecule has 27 heavy (non-hydrogen) atoms. The van der Waals surface area contributed by atoms with Gasteiger partial charge >= 0.3 is 5.97 Å². The fourth-order valence-electron chi connectivity index (χ4n) is 5.79. The summed E-state index contributed by atoms with van der Waals surface area (Å²) in [5.41, 5.74) is 3.92. The third kappa shape index (κ3) is 2.68. The van der Waals surface area contributed by atoms with Crippen LogP contribution in [0, 0.1) is 17.8 Å². The number of carbonyl (C=O) groups is 1. The van der Waals surface area contributed by atoms with E-state index in [1.807, 2.05) is 0 Å². The summed E-state index contributed by atoms with van der Waals surface area (Å²) in [6.45, 7) is 2.01. The van der Waals surface area contributed by atoms with E-state index in [1.54, 1.807) is 0 Å². The quantitative estimate of drug-likeness (QED) is 0.536. The summed E-state index contributed by atoms with van der Waals surface area (Å²) in [4.78, 5) is 18.9. The molecule has 1 saturated heterocycles. The molecule has 144 valence electrons.